The molecular formula is C18H22N2O2S. The van der Waals surface area contributed by atoms with Crippen LogP contribution in [0.5, 0.6) is 0 Å². The van der Waals surface area contributed by atoms with Crippen LogP contribution in [-0.4, -0.2) is 23.6 Å². The number of hydrogen-bond acceptors (Lipinski definition) is 4. The maximum absolute atomic E-state index is 12.0. The Morgan fingerprint density at radius 1 is 1.43 bits per heavy atom. The van der Waals surface area contributed by atoms with Gasteiger partial charge in [-0.3, -0.25) is 10.1 Å². The lowest BCUT2D eigenvalue weighted by Gasteiger charge is -2.09. The number of carbonyl (C=O) groups is 1. The van der Waals surface area contributed by atoms with Crippen molar-refractivity contribution in [2.24, 2.45) is 0 Å². The van der Waals surface area contributed by atoms with E-state index in [1.54, 1.807) is 0 Å². The topological polar surface area (TPSA) is 51.2 Å². The van der Waals surface area contributed by atoms with Gasteiger partial charge in [-0.15, -0.1) is 11.3 Å². The SMILES string of the molecule is CCC(C)c1ccc(-c2csc(NC(=O)C3CCCO3)n2)cc1. The second-order valence-electron chi connectivity index (χ2n) is 5.96. The Morgan fingerprint density at radius 3 is 2.87 bits per heavy atom. The van der Waals surface area contributed by atoms with Crippen molar-refractivity contribution in [3.05, 3.63) is 35.2 Å². The fourth-order valence-electron chi connectivity index (χ4n) is 2.65. The second kappa shape index (κ2) is 7.23. The van der Waals surface area contributed by atoms with E-state index < -0.39 is 0 Å². The molecule has 0 spiro atoms. The third kappa shape index (κ3) is 3.79. The van der Waals surface area contributed by atoms with Gasteiger partial charge >= 0.3 is 0 Å². The van der Waals surface area contributed by atoms with Crippen LogP contribution in [0.1, 0.15) is 44.6 Å². The smallest absolute Gasteiger partial charge is 0.255 e. The number of carbonyl (C=O) groups excluding carboxylic acids is 1. The quantitative estimate of drug-likeness (QED) is 0.881. The lowest BCUT2D eigenvalue weighted by Crippen LogP contribution is -2.26. The zero-order chi connectivity index (χ0) is 16.2. The molecule has 0 saturated carbocycles. The van der Waals surface area contributed by atoms with Crippen molar-refractivity contribution in [3.63, 3.8) is 0 Å². The molecule has 1 fully saturated rings. The lowest BCUT2D eigenvalue weighted by atomic mass is 9.97. The lowest BCUT2D eigenvalue weighted by molar-refractivity contribution is -0.124. The van der Waals surface area contributed by atoms with E-state index in [2.05, 4.69) is 48.4 Å². The summed E-state index contributed by atoms with van der Waals surface area (Å²) in [6.45, 7) is 5.10. The van der Waals surface area contributed by atoms with Gasteiger partial charge in [-0.25, -0.2) is 4.98 Å². The van der Waals surface area contributed by atoms with E-state index in [4.69, 9.17) is 4.74 Å². The van der Waals surface area contributed by atoms with E-state index in [9.17, 15) is 4.79 Å². The van der Waals surface area contributed by atoms with Gasteiger partial charge in [0.05, 0.1) is 5.69 Å². The van der Waals surface area contributed by atoms with Gasteiger partial charge in [0.1, 0.15) is 6.10 Å². The summed E-state index contributed by atoms with van der Waals surface area (Å²) in [6, 6.07) is 8.52. The number of amides is 1. The number of nitrogens with zero attached hydrogens (tertiary/aromatic N) is 1. The average Bonchev–Trinajstić information content (AvgIpc) is 3.26. The molecule has 1 aromatic heterocycles. The highest BCUT2D eigenvalue weighted by atomic mass is 32.1. The number of anilines is 1. The third-order valence-electron chi connectivity index (χ3n) is 4.34. The molecule has 5 heteroatoms. The number of rotatable bonds is 5. The summed E-state index contributed by atoms with van der Waals surface area (Å²) in [5, 5.41) is 5.46. The highest BCUT2D eigenvalue weighted by Gasteiger charge is 2.24. The van der Waals surface area contributed by atoms with Crippen molar-refractivity contribution in [1.29, 1.82) is 0 Å². The maximum atomic E-state index is 12.0. The molecule has 1 N–H and O–H groups in total. The largest absolute Gasteiger partial charge is 0.368 e. The third-order valence-corrected chi connectivity index (χ3v) is 5.10. The van der Waals surface area contributed by atoms with Crippen LogP contribution >= 0.6 is 11.3 Å². The van der Waals surface area contributed by atoms with Gasteiger partial charge in [0.25, 0.3) is 5.91 Å². The molecular weight excluding hydrogens is 308 g/mol. The van der Waals surface area contributed by atoms with Gasteiger partial charge in [0.15, 0.2) is 5.13 Å². The molecule has 0 bridgehead atoms. The Labute approximate surface area is 140 Å². The first-order chi connectivity index (χ1) is 11.2. The molecule has 2 heterocycles. The molecule has 1 saturated heterocycles. The number of hydrogen-bond donors (Lipinski definition) is 1. The molecule has 1 amide bonds. The molecule has 1 aliphatic heterocycles. The Bertz CT molecular complexity index is 660. The molecule has 1 aromatic carbocycles. The predicted molar refractivity (Wildman–Crippen MR) is 93.9 cm³/mol. The molecule has 1 aliphatic rings. The second-order valence-corrected chi connectivity index (χ2v) is 6.82. The molecule has 2 atom stereocenters. The molecule has 0 radical (unpaired) electrons. The minimum absolute atomic E-state index is 0.0875. The van der Waals surface area contributed by atoms with Crippen molar-refractivity contribution < 1.29 is 9.53 Å². The van der Waals surface area contributed by atoms with Gasteiger partial charge in [0.2, 0.25) is 0 Å². The first-order valence-corrected chi connectivity index (χ1v) is 9.03. The highest BCUT2D eigenvalue weighted by molar-refractivity contribution is 7.14. The van der Waals surface area contributed by atoms with Crippen molar-refractivity contribution >= 4 is 22.4 Å². The van der Waals surface area contributed by atoms with E-state index in [1.165, 1.54) is 16.9 Å². The van der Waals surface area contributed by atoms with E-state index in [1.807, 2.05) is 5.38 Å². The van der Waals surface area contributed by atoms with Crippen molar-refractivity contribution in [2.75, 3.05) is 11.9 Å². The maximum Gasteiger partial charge on any atom is 0.255 e. The Morgan fingerprint density at radius 2 is 2.22 bits per heavy atom. The monoisotopic (exact) mass is 330 g/mol. The number of benzene rings is 1. The Hall–Kier alpha value is -1.72. The van der Waals surface area contributed by atoms with E-state index in [-0.39, 0.29) is 12.0 Å². The molecule has 23 heavy (non-hydrogen) atoms. The van der Waals surface area contributed by atoms with E-state index in [0.717, 1.165) is 30.5 Å². The van der Waals surface area contributed by atoms with Gasteiger partial charge in [0, 0.05) is 17.6 Å². The Kier molecular flexibility index (Phi) is 5.08. The average molecular weight is 330 g/mol. The number of thiazole rings is 1. The van der Waals surface area contributed by atoms with Crippen LogP contribution in [0.3, 0.4) is 0 Å². The summed E-state index contributed by atoms with van der Waals surface area (Å²) >= 11 is 1.45. The van der Waals surface area contributed by atoms with Crippen molar-refractivity contribution in [1.82, 2.24) is 4.98 Å². The standard InChI is InChI=1S/C18H22N2O2S/c1-3-12(2)13-6-8-14(9-7-13)15-11-23-18(19-15)20-17(21)16-5-4-10-22-16/h6-9,11-12,16H,3-5,10H2,1-2H3,(H,19,20,21). The molecule has 2 unspecified atom stereocenters. The zero-order valence-electron chi connectivity index (χ0n) is 13.5. The van der Waals surface area contributed by atoms with Crippen LogP contribution in [0.25, 0.3) is 11.3 Å². The first kappa shape index (κ1) is 16.1. The summed E-state index contributed by atoms with van der Waals surface area (Å²) in [6.07, 6.45) is 2.55. The summed E-state index contributed by atoms with van der Waals surface area (Å²) in [4.78, 5) is 16.6. The molecule has 3 rings (SSSR count). The molecule has 2 aromatic rings. The number of aromatic nitrogens is 1. The van der Waals surface area contributed by atoms with Gasteiger partial charge in [-0.2, -0.15) is 0 Å². The van der Waals surface area contributed by atoms with Crippen LogP contribution in [0.15, 0.2) is 29.6 Å². The number of ether oxygens (including phenoxy) is 1. The Balaban J connectivity index is 1.67. The first-order valence-electron chi connectivity index (χ1n) is 8.15. The van der Waals surface area contributed by atoms with Crippen LogP contribution in [0.2, 0.25) is 0 Å². The van der Waals surface area contributed by atoms with Crippen molar-refractivity contribution in [2.45, 2.75) is 45.1 Å². The van der Waals surface area contributed by atoms with E-state index in [0.29, 0.717) is 17.7 Å². The zero-order valence-corrected chi connectivity index (χ0v) is 14.4. The van der Waals surface area contributed by atoms with Gasteiger partial charge in [-0.05, 0) is 30.7 Å². The summed E-state index contributed by atoms with van der Waals surface area (Å²) in [5.74, 6) is 0.483. The normalized spacial score (nSPS) is 18.8. The summed E-state index contributed by atoms with van der Waals surface area (Å²) in [5.41, 5.74) is 3.32. The molecule has 122 valence electrons. The van der Waals surface area contributed by atoms with Crippen molar-refractivity contribution in [3.8, 4) is 11.3 Å². The van der Waals surface area contributed by atoms with Gasteiger partial charge in [-0.1, -0.05) is 38.1 Å². The summed E-state index contributed by atoms with van der Waals surface area (Å²) < 4.78 is 5.39. The number of nitrogens with one attached hydrogen (secondary N) is 1. The predicted octanol–water partition coefficient (Wildman–Crippen LogP) is 4.44. The fourth-order valence-corrected chi connectivity index (χ4v) is 3.37. The van der Waals surface area contributed by atoms with Crippen LogP contribution in [0.4, 0.5) is 5.13 Å². The minimum atomic E-state index is -0.322. The fraction of sp³-hybridized carbons (Fsp3) is 0.444. The van der Waals surface area contributed by atoms with Crippen LogP contribution in [0, 0.1) is 0 Å². The van der Waals surface area contributed by atoms with Crippen LogP contribution in [-0.2, 0) is 9.53 Å². The van der Waals surface area contributed by atoms with Gasteiger partial charge < -0.3 is 4.74 Å². The minimum Gasteiger partial charge on any atom is -0.368 e. The molecule has 0 aliphatic carbocycles. The molecule has 4 nitrogen and oxygen atoms in total. The van der Waals surface area contributed by atoms with Crippen LogP contribution < -0.4 is 5.32 Å². The summed E-state index contributed by atoms with van der Waals surface area (Å²) in [7, 11) is 0. The van der Waals surface area contributed by atoms with E-state index >= 15 is 0 Å². The highest BCUT2D eigenvalue weighted by Crippen LogP contribution is 2.27.